The molecule has 0 bridgehead atoms. The van der Waals surface area contributed by atoms with Gasteiger partial charge in [-0.1, -0.05) is 0 Å². The molecule has 2 heterocycles. The lowest BCUT2D eigenvalue weighted by Crippen LogP contribution is -2.19. The number of amides is 1. The Balaban J connectivity index is 2.32. The minimum Gasteiger partial charge on any atom is -0.352 e. The van der Waals surface area contributed by atoms with Gasteiger partial charge in [-0.05, 0) is 12.1 Å². The Hall–Kier alpha value is -2.24. The highest BCUT2D eigenvalue weighted by atomic mass is 16.2. The second-order valence-corrected chi connectivity index (χ2v) is 2.83. The van der Waals surface area contributed by atoms with Gasteiger partial charge in [-0.25, -0.2) is 4.98 Å². The van der Waals surface area contributed by atoms with E-state index in [1.54, 1.807) is 18.5 Å². The first kappa shape index (κ1) is 9.32. The molecule has 76 valence electrons. The van der Waals surface area contributed by atoms with Gasteiger partial charge in [0.2, 0.25) is 5.82 Å². The molecule has 2 aromatic rings. The molecule has 0 unspecified atom stereocenters. The van der Waals surface area contributed by atoms with Crippen LogP contribution in [-0.2, 0) is 0 Å². The molecule has 0 spiro atoms. The molecule has 2 N–H and O–H groups in total. The molecule has 0 saturated carbocycles. The maximum absolute atomic E-state index is 11.2. The molecule has 0 saturated heterocycles. The van der Waals surface area contributed by atoms with Crippen molar-refractivity contribution in [3.8, 4) is 11.4 Å². The van der Waals surface area contributed by atoms with Crippen LogP contribution in [0.15, 0.2) is 24.5 Å². The quantitative estimate of drug-likeness (QED) is 0.731. The molecule has 0 aliphatic heterocycles. The van der Waals surface area contributed by atoms with Crippen LogP contribution < -0.4 is 5.32 Å². The van der Waals surface area contributed by atoms with Crippen molar-refractivity contribution < 1.29 is 4.79 Å². The van der Waals surface area contributed by atoms with E-state index in [-0.39, 0.29) is 11.7 Å². The molecule has 0 aromatic carbocycles. The van der Waals surface area contributed by atoms with Gasteiger partial charge >= 0.3 is 0 Å². The molecule has 6 heteroatoms. The third-order valence-electron chi connectivity index (χ3n) is 1.85. The first-order valence-corrected chi connectivity index (χ1v) is 4.36. The van der Waals surface area contributed by atoms with Gasteiger partial charge in [0, 0.05) is 25.0 Å². The number of rotatable bonds is 2. The molecule has 2 rings (SSSR count). The van der Waals surface area contributed by atoms with E-state index in [2.05, 4.69) is 25.5 Å². The number of carbonyl (C=O) groups is 1. The van der Waals surface area contributed by atoms with Gasteiger partial charge in [-0.15, -0.1) is 0 Å². The Morgan fingerprint density at radius 1 is 1.53 bits per heavy atom. The highest BCUT2D eigenvalue weighted by molar-refractivity contribution is 5.90. The summed E-state index contributed by atoms with van der Waals surface area (Å²) < 4.78 is 0. The Morgan fingerprint density at radius 3 is 3.07 bits per heavy atom. The SMILES string of the molecule is CNC(=O)c1nc(-c2cccnc2)n[nH]1. The number of hydrogen-bond donors (Lipinski definition) is 2. The number of pyridine rings is 1. The normalized spacial score (nSPS) is 9.93. The van der Waals surface area contributed by atoms with Crippen molar-refractivity contribution in [1.82, 2.24) is 25.5 Å². The number of nitrogens with one attached hydrogen (secondary N) is 2. The Labute approximate surface area is 85.8 Å². The van der Waals surface area contributed by atoms with E-state index in [0.29, 0.717) is 5.82 Å². The third kappa shape index (κ3) is 1.83. The van der Waals surface area contributed by atoms with Crippen LogP contribution in [0.5, 0.6) is 0 Å². The van der Waals surface area contributed by atoms with Gasteiger partial charge < -0.3 is 5.32 Å². The van der Waals surface area contributed by atoms with E-state index in [1.807, 2.05) is 6.07 Å². The van der Waals surface area contributed by atoms with E-state index in [0.717, 1.165) is 5.56 Å². The van der Waals surface area contributed by atoms with Crippen molar-refractivity contribution in [3.63, 3.8) is 0 Å². The van der Waals surface area contributed by atoms with Crippen LogP contribution >= 0.6 is 0 Å². The zero-order valence-electron chi connectivity index (χ0n) is 8.06. The fourth-order valence-electron chi connectivity index (χ4n) is 1.11. The zero-order valence-corrected chi connectivity index (χ0v) is 8.06. The van der Waals surface area contributed by atoms with Crippen LogP contribution in [0.3, 0.4) is 0 Å². The van der Waals surface area contributed by atoms with Gasteiger partial charge in [0.25, 0.3) is 5.91 Å². The number of H-pyrrole nitrogens is 1. The third-order valence-corrected chi connectivity index (χ3v) is 1.85. The summed E-state index contributed by atoms with van der Waals surface area (Å²) in [5.41, 5.74) is 0.768. The molecule has 1 amide bonds. The van der Waals surface area contributed by atoms with Crippen LogP contribution in [-0.4, -0.2) is 33.1 Å². The van der Waals surface area contributed by atoms with Crippen LogP contribution in [0.1, 0.15) is 10.6 Å². The number of aromatic nitrogens is 4. The second-order valence-electron chi connectivity index (χ2n) is 2.83. The highest BCUT2D eigenvalue weighted by Gasteiger charge is 2.10. The van der Waals surface area contributed by atoms with Gasteiger partial charge in [0.1, 0.15) is 0 Å². The smallest absolute Gasteiger partial charge is 0.288 e. The molecule has 0 aliphatic rings. The van der Waals surface area contributed by atoms with E-state index in [1.165, 1.54) is 7.05 Å². The number of nitrogens with zero attached hydrogens (tertiary/aromatic N) is 3. The van der Waals surface area contributed by atoms with Crippen LogP contribution in [0, 0.1) is 0 Å². The minimum atomic E-state index is -0.294. The summed E-state index contributed by atoms with van der Waals surface area (Å²) >= 11 is 0. The molecule has 15 heavy (non-hydrogen) atoms. The summed E-state index contributed by atoms with van der Waals surface area (Å²) in [6.07, 6.45) is 3.30. The van der Waals surface area contributed by atoms with Gasteiger partial charge in [-0.3, -0.25) is 14.9 Å². The van der Waals surface area contributed by atoms with Crippen LogP contribution in [0.4, 0.5) is 0 Å². The lowest BCUT2D eigenvalue weighted by Gasteiger charge is -1.92. The summed E-state index contributed by atoms with van der Waals surface area (Å²) in [4.78, 5) is 19.2. The molecule has 0 aliphatic carbocycles. The lowest BCUT2D eigenvalue weighted by atomic mass is 10.3. The fourth-order valence-corrected chi connectivity index (χ4v) is 1.11. The molecule has 2 aromatic heterocycles. The summed E-state index contributed by atoms with van der Waals surface area (Å²) in [6.45, 7) is 0. The molecule has 0 fully saturated rings. The first-order chi connectivity index (χ1) is 7.31. The summed E-state index contributed by atoms with van der Waals surface area (Å²) in [5, 5.41) is 8.93. The zero-order chi connectivity index (χ0) is 10.7. The van der Waals surface area contributed by atoms with Crippen molar-refractivity contribution in [2.24, 2.45) is 0 Å². The van der Waals surface area contributed by atoms with Crippen molar-refractivity contribution in [2.75, 3.05) is 7.05 Å². The number of aromatic amines is 1. The van der Waals surface area contributed by atoms with E-state index in [9.17, 15) is 4.79 Å². The van der Waals surface area contributed by atoms with Gasteiger partial charge in [0.15, 0.2) is 5.82 Å². The van der Waals surface area contributed by atoms with E-state index in [4.69, 9.17) is 0 Å². The van der Waals surface area contributed by atoms with Crippen LogP contribution in [0.2, 0.25) is 0 Å². The average Bonchev–Trinajstić information content (AvgIpc) is 2.78. The number of hydrogen-bond acceptors (Lipinski definition) is 4. The predicted octanol–water partition coefficient (Wildman–Crippen LogP) is 0.226. The van der Waals surface area contributed by atoms with Crippen LogP contribution in [0.25, 0.3) is 11.4 Å². The fraction of sp³-hybridized carbons (Fsp3) is 0.111. The first-order valence-electron chi connectivity index (χ1n) is 4.36. The average molecular weight is 203 g/mol. The Kier molecular flexibility index (Phi) is 2.40. The van der Waals surface area contributed by atoms with Crippen molar-refractivity contribution >= 4 is 5.91 Å². The summed E-state index contributed by atoms with van der Waals surface area (Å²) in [7, 11) is 1.54. The Bertz CT molecular complexity index is 464. The molecule has 6 nitrogen and oxygen atoms in total. The predicted molar refractivity (Wildman–Crippen MR) is 53.0 cm³/mol. The van der Waals surface area contributed by atoms with Gasteiger partial charge in [-0.2, -0.15) is 5.10 Å². The van der Waals surface area contributed by atoms with Crippen molar-refractivity contribution in [1.29, 1.82) is 0 Å². The standard InChI is InChI=1S/C9H9N5O/c1-10-9(15)8-12-7(13-14-8)6-3-2-4-11-5-6/h2-5H,1H3,(H,10,15)(H,12,13,14). The van der Waals surface area contributed by atoms with Crippen molar-refractivity contribution in [3.05, 3.63) is 30.4 Å². The van der Waals surface area contributed by atoms with E-state index >= 15 is 0 Å². The molecular formula is C9H9N5O. The largest absolute Gasteiger partial charge is 0.352 e. The monoisotopic (exact) mass is 203 g/mol. The molecule has 0 atom stereocenters. The van der Waals surface area contributed by atoms with Gasteiger partial charge in [0.05, 0.1) is 0 Å². The molecular weight excluding hydrogens is 194 g/mol. The van der Waals surface area contributed by atoms with Crippen molar-refractivity contribution in [2.45, 2.75) is 0 Å². The maximum atomic E-state index is 11.2. The second kappa shape index (κ2) is 3.87. The topological polar surface area (TPSA) is 83.6 Å². The summed E-state index contributed by atoms with van der Waals surface area (Å²) in [5.74, 6) is 0.357. The van der Waals surface area contributed by atoms with E-state index < -0.39 is 0 Å². The number of carbonyl (C=O) groups excluding carboxylic acids is 1. The lowest BCUT2D eigenvalue weighted by molar-refractivity contribution is 0.0953. The highest BCUT2D eigenvalue weighted by Crippen LogP contribution is 2.11. The summed E-state index contributed by atoms with van der Waals surface area (Å²) in [6, 6.07) is 3.61. The maximum Gasteiger partial charge on any atom is 0.288 e. The minimum absolute atomic E-state index is 0.191. The Morgan fingerprint density at radius 2 is 2.40 bits per heavy atom. The molecule has 0 radical (unpaired) electrons.